The number of hydrogen-bond donors (Lipinski definition) is 2. The van der Waals surface area contributed by atoms with Crippen LogP contribution in [0, 0.1) is 5.41 Å². The number of fused-ring (bicyclic) bond motifs is 1. The molecule has 0 aromatic carbocycles. The van der Waals surface area contributed by atoms with Gasteiger partial charge in [-0.25, -0.2) is 4.98 Å². The van der Waals surface area contributed by atoms with Gasteiger partial charge in [-0.05, 0) is 30.7 Å². The van der Waals surface area contributed by atoms with Crippen molar-refractivity contribution in [3.8, 4) is 0 Å². The molecule has 4 rings (SSSR count). The lowest BCUT2D eigenvalue weighted by Gasteiger charge is -2.21. The van der Waals surface area contributed by atoms with Gasteiger partial charge in [0.2, 0.25) is 0 Å². The summed E-state index contributed by atoms with van der Waals surface area (Å²) in [5.41, 5.74) is 2.90. The second-order valence-electron chi connectivity index (χ2n) is 7.54. The van der Waals surface area contributed by atoms with Crippen LogP contribution < -0.4 is 5.32 Å². The Balaban J connectivity index is 1.51. The topological polar surface area (TPSA) is 75.6 Å². The van der Waals surface area contributed by atoms with E-state index >= 15 is 0 Å². The van der Waals surface area contributed by atoms with E-state index < -0.39 is 0 Å². The van der Waals surface area contributed by atoms with Gasteiger partial charge in [0.15, 0.2) is 0 Å². The number of imidazole rings is 1. The smallest absolute Gasteiger partial charge is 0.271 e. The number of nitrogens with zero attached hydrogens (tertiary/aromatic N) is 3. The maximum absolute atomic E-state index is 12.2. The summed E-state index contributed by atoms with van der Waals surface area (Å²) in [6, 6.07) is 2.12. The van der Waals surface area contributed by atoms with Gasteiger partial charge in [0, 0.05) is 43.0 Å². The van der Waals surface area contributed by atoms with Crippen molar-refractivity contribution in [2.45, 2.75) is 52.0 Å². The van der Waals surface area contributed by atoms with Gasteiger partial charge in [-0.2, -0.15) is 5.10 Å². The molecule has 0 bridgehead atoms. The van der Waals surface area contributed by atoms with E-state index in [1.165, 1.54) is 18.5 Å². The third-order valence-corrected chi connectivity index (χ3v) is 4.73. The van der Waals surface area contributed by atoms with E-state index in [-0.39, 0.29) is 11.3 Å². The number of hydrogen-bond acceptors (Lipinski definition) is 3. The minimum Gasteiger partial charge on any atom is -0.350 e. The number of carbonyl (C=O) groups is 1. The zero-order valence-electron chi connectivity index (χ0n) is 13.7. The molecule has 1 aliphatic carbocycles. The van der Waals surface area contributed by atoms with Crippen LogP contribution in [-0.2, 0) is 19.4 Å². The summed E-state index contributed by atoms with van der Waals surface area (Å²) >= 11 is 0. The highest BCUT2D eigenvalue weighted by Crippen LogP contribution is 2.39. The summed E-state index contributed by atoms with van der Waals surface area (Å²) < 4.78 is 2.08. The lowest BCUT2D eigenvalue weighted by Crippen LogP contribution is -2.32. The molecule has 0 saturated heterocycles. The molecule has 23 heavy (non-hydrogen) atoms. The summed E-state index contributed by atoms with van der Waals surface area (Å²) in [7, 11) is 0. The molecule has 1 fully saturated rings. The van der Waals surface area contributed by atoms with Gasteiger partial charge in [-0.3, -0.25) is 9.48 Å². The van der Waals surface area contributed by atoms with Crippen molar-refractivity contribution in [1.82, 2.24) is 25.1 Å². The molecule has 2 aromatic heterocycles. The quantitative estimate of drug-likeness (QED) is 0.907. The minimum absolute atomic E-state index is 0.0475. The van der Waals surface area contributed by atoms with Crippen LogP contribution in [0.4, 0.5) is 0 Å². The number of H-pyrrole nitrogens is 1. The fourth-order valence-corrected chi connectivity index (χ4v) is 3.31. The van der Waals surface area contributed by atoms with Crippen molar-refractivity contribution in [1.29, 1.82) is 0 Å². The predicted molar refractivity (Wildman–Crippen MR) is 86.3 cm³/mol. The Labute approximate surface area is 135 Å². The van der Waals surface area contributed by atoms with E-state index in [9.17, 15) is 4.79 Å². The molecule has 0 radical (unpaired) electrons. The molecule has 6 nitrogen and oxygen atoms in total. The van der Waals surface area contributed by atoms with Crippen molar-refractivity contribution in [2.24, 2.45) is 5.41 Å². The molecule has 0 spiro atoms. The first kappa shape index (κ1) is 14.5. The van der Waals surface area contributed by atoms with Crippen LogP contribution in [0.3, 0.4) is 0 Å². The summed E-state index contributed by atoms with van der Waals surface area (Å²) in [6.07, 6.45) is 6.03. The zero-order chi connectivity index (χ0) is 16.0. The molecule has 2 aromatic rings. The van der Waals surface area contributed by atoms with Crippen LogP contribution in [0.1, 0.15) is 60.3 Å². The van der Waals surface area contributed by atoms with E-state index in [1.54, 1.807) is 0 Å². The summed E-state index contributed by atoms with van der Waals surface area (Å²) in [6.45, 7) is 5.81. The van der Waals surface area contributed by atoms with Gasteiger partial charge >= 0.3 is 0 Å². The minimum atomic E-state index is -0.0640. The average Bonchev–Trinajstić information content (AvgIpc) is 3.13. The summed E-state index contributed by atoms with van der Waals surface area (Å²) in [4.78, 5) is 20.1. The molecule has 2 N–H and O–H groups in total. The number of aromatic amines is 1. The molecular weight excluding hydrogens is 290 g/mol. The highest BCUT2D eigenvalue weighted by Gasteiger charge is 2.30. The lowest BCUT2D eigenvalue weighted by molar-refractivity contribution is 0.0940. The zero-order valence-corrected chi connectivity index (χ0v) is 13.7. The number of nitrogens with one attached hydrogen (secondary N) is 2. The van der Waals surface area contributed by atoms with Crippen LogP contribution >= 0.6 is 0 Å². The molecule has 0 atom stereocenters. The van der Waals surface area contributed by atoms with Crippen molar-refractivity contribution in [2.75, 3.05) is 6.54 Å². The van der Waals surface area contributed by atoms with E-state index in [1.807, 2.05) is 6.20 Å². The van der Waals surface area contributed by atoms with E-state index in [4.69, 9.17) is 0 Å². The molecular formula is C17H23N5O. The molecule has 6 heteroatoms. The van der Waals surface area contributed by atoms with Gasteiger partial charge in [0.1, 0.15) is 11.5 Å². The van der Waals surface area contributed by atoms with Crippen molar-refractivity contribution < 1.29 is 4.79 Å². The van der Waals surface area contributed by atoms with Gasteiger partial charge in [-0.15, -0.1) is 0 Å². The predicted octanol–water partition coefficient (Wildman–Crippen LogP) is 2.04. The van der Waals surface area contributed by atoms with Crippen molar-refractivity contribution in [3.05, 3.63) is 35.2 Å². The normalized spacial score (nSPS) is 20.0. The first-order valence-electron chi connectivity index (χ1n) is 8.39. The summed E-state index contributed by atoms with van der Waals surface area (Å²) in [5.74, 6) is 1.50. The van der Waals surface area contributed by atoms with Gasteiger partial charge in [-0.1, -0.05) is 13.8 Å². The Morgan fingerprint density at radius 2 is 2.22 bits per heavy atom. The van der Waals surface area contributed by atoms with Gasteiger partial charge in [0.25, 0.3) is 5.91 Å². The van der Waals surface area contributed by atoms with Gasteiger partial charge < -0.3 is 10.3 Å². The SMILES string of the molecule is CC1(C)CNC(=O)c2nc(CCn3nccc3C3CC3)[nH]c2C1. The van der Waals surface area contributed by atoms with Crippen molar-refractivity contribution in [3.63, 3.8) is 0 Å². The van der Waals surface area contributed by atoms with Crippen LogP contribution in [0.5, 0.6) is 0 Å². The van der Waals surface area contributed by atoms with Crippen LogP contribution in [0.25, 0.3) is 0 Å². The van der Waals surface area contributed by atoms with E-state index in [0.717, 1.165) is 30.9 Å². The molecule has 1 aliphatic heterocycles. The molecule has 0 unspecified atom stereocenters. The fraction of sp³-hybridized carbons (Fsp3) is 0.588. The number of aromatic nitrogens is 4. The Hall–Kier alpha value is -2.11. The number of aryl methyl sites for hydroxylation is 2. The Kier molecular flexibility index (Phi) is 3.28. The highest BCUT2D eigenvalue weighted by atomic mass is 16.1. The summed E-state index contributed by atoms with van der Waals surface area (Å²) in [5, 5.41) is 7.39. The first-order valence-corrected chi connectivity index (χ1v) is 8.39. The van der Waals surface area contributed by atoms with E-state index in [2.05, 4.69) is 45.0 Å². The molecule has 122 valence electrons. The highest BCUT2D eigenvalue weighted by molar-refractivity contribution is 5.93. The maximum atomic E-state index is 12.2. The van der Waals surface area contributed by atoms with Crippen LogP contribution in [0.2, 0.25) is 0 Å². The van der Waals surface area contributed by atoms with Crippen LogP contribution in [-0.4, -0.2) is 32.2 Å². The third kappa shape index (κ3) is 2.90. The lowest BCUT2D eigenvalue weighted by atomic mass is 9.88. The largest absolute Gasteiger partial charge is 0.350 e. The number of amides is 1. The van der Waals surface area contributed by atoms with E-state index in [0.29, 0.717) is 18.2 Å². The second kappa shape index (κ2) is 5.22. The monoisotopic (exact) mass is 313 g/mol. The average molecular weight is 313 g/mol. The molecule has 2 aliphatic rings. The molecule has 1 saturated carbocycles. The molecule has 3 heterocycles. The van der Waals surface area contributed by atoms with Crippen LogP contribution in [0.15, 0.2) is 12.3 Å². The molecule has 1 amide bonds. The fourth-order valence-electron chi connectivity index (χ4n) is 3.31. The Morgan fingerprint density at radius 3 is 3.00 bits per heavy atom. The Morgan fingerprint density at radius 1 is 1.39 bits per heavy atom. The first-order chi connectivity index (χ1) is 11.0. The van der Waals surface area contributed by atoms with Gasteiger partial charge in [0.05, 0.1) is 0 Å². The van der Waals surface area contributed by atoms with Crippen molar-refractivity contribution >= 4 is 5.91 Å². The maximum Gasteiger partial charge on any atom is 0.271 e. The number of rotatable bonds is 4. The Bertz CT molecular complexity index is 738. The standard InChI is InChI=1S/C17H23N5O/c1-17(2)9-12-15(16(23)18-10-17)21-14(20-12)6-8-22-13(5-7-19-22)11-3-4-11/h5,7,11H,3-4,6,8-10H2,1-2H3,(H,18,23)(H,20,21). The number of carbonyl (C=O) groups excluding carboxylic acids is 1. The third-order valence-electron chi connectivity index (χ3n) is 4.73. The second-order valence-corrected chi connectivity index (χ2v) is 7.54.